The molecule has 1 saturated carbocycles. The highest BCUT2D eigenvalue weighted by molar-refractivity contribution is 9.10. The third-order valence-electron chi connectivity index (χ3n) is 3.55. The molecule has 1 aromatic rings. The predicted molar refractivity (Wildman–Crippen MR) is 66.3 cm³/mol. The molecule has 1 aliphatic carbocycles. The average Bonchev–Trinajstić information content (AvgIpc) is 2.15. The predicted octanol–water partition coefficient (Wildman–Crippen LogP) is 3.98. The van der Waals surface area contributed by atoms with Crippen LogP contribution in [-0.4, -0.2) is 11.2 Å². The van der Waals surface area contributed by atoms with Crippen LogP contribution in [0, 0.1) is 5.41 Å². The first-order valence-electron chi connectivity index (χ1n) is 5.06. The van der Waals surface area contributed by atoms with Crippen molar-refractivity contribution in [3.8, 4) is 0 Å². The van der Waals surface area contributed by atoms with Gasteiger partial charge >= 0.3 is 0 Å². The normalized spacial score (nSPS) is 28.6. The summed E-state index contributed by atoms with van der Waals surface area (Å²) in [5, 5.41) is 10.5. The van der Waals surface area contributed by atoms with Crippen molar-refractivity contribution in [3.63, 3.8) is 0 Å². The molecular weight excluding hydrogens is 275 g/mol. The fourth-order valence-electron chi connectivity index (χ4n) is 2.21. The third kappa shape index (κ3) is 1.83. The van der Waals surface area contributed by atoms with Crippen molar-refractivity contribution in [2.24, 2.45) is 5.41 Å². The molecule has 0 radical (unpaired) electrons. The second-order valence-corrected chi connectivity index (χ2v) is 6.11. The topological polar surface area (TPSA) is 20.2 Å². The number of benzene rings is 1. The lowest BCUT2D eigenvalue weighted by Crippen LogP contribution is -2.47. The van der Waals surface area contributed by atoms with E-state index in [1.807, 2.05) is 18.2 Å². The minimum absolute atomic E-state index is 0.0581. The second kappa shape index (κ2) is 3.76. The molecule has 2 unspecified atom stereocenters. The van der Waals surface area contributed by atoms with Crippen LogP contribution in [0.4, 0.5) is 0 Å². The monoisotopic (exact) mass is 288 g/mol. The fourth-order valence-corrected chi connectivity index (χ4v) is 3.02. The SMILES string of the molecule is CC1(C)C(O)CC1c1ccc(Br)cc1Cl. The summed E-state index contributed by atoms with van der Waals surface area (Å²) < 4.78 is 0.994. The first-order chi connectivity index (χ1) is 6.93. The Morgan fingerprint density at radius 1 is 1.47 bits per heavy atom. The van der Waals surface area contributed by atoms with Crippen LogP contribution in [0.15, 0.2) is 22.7 Å². The van der Waals surface area contributed by atoms with Crippen LogP contribution in [0.1, 0.15) is 31.7 Å². The average molecular weight is 290 g/mol. The zero-order chi connectivity index (χ0) is 11.2. The maximum Gasteiger partial charge on any atom is 0.0603 e. The summed E-state index contributed by atoms with van der Waals surface area (Å²) in [4.78, 5) is 0. The van der Waals surface area contributed by atoms with E-state index < -0.39 is 0 Å². The van der Waals surface area contributed by atoms with E-state index in [0.29, 0.717) is 5.92 Å². The highest BCUT2D eigenvalue weighted by atomic mass is 79.9. The van der Waals surface area contributed by atoms with Crippen LogP contribution in [0.2, 0.25) is 5.02 Å². The molecule has 0 aromatic heterocycles. The Labute approximate surface area is 104 Å². The van der Waals surface area contributed by atoms with Crippen molar-refractivity contribution in [1.29, 1.82) is 0 Å². The molecule has 0 saturated heterocycles. The Morgan fingerprint density at radius 3 is 2.60 bits per heavy atom. The molecule has 82 valence electrons. The number of hydrogen-bond acceptors (Lipinski definition) is 1. The van der Waals surface area contributed by atoms with Gasteiger partial charge in [0.2, 0.25) is 0 Å². The van der Waals surface area contributed by atoms with E-state index in [4.69, 9.17) is 11.6 Å². The van der Waals surface area contributed by atoms with Gasteiger partial charge in [0.1, 0.15) is 0 Å². The number of hydrogen-bond donors (Lipinski definition) is 1. The van der Waals surface area contributed by atoms with Crippen molar-refractivity contribution in [2.45, 2.75) is 32.3 Å². The summed E-state index contributed by atoms with van der Waals surface area (Å²) in [5.41, 5.74) is 1.09. The molecule has 0 aliphatic heterocycles. The molecule has 1 aliphatic rings. The molecule has 1 fully saturated rings. The molecule has 1 nitrogen and oxygen atoms in total. The number of rotatable bonds is 1. The Bertz CT molecular complexity index is 389. The van der Waals surface area contributed by atoms with E-state index in [0.717, 1.165) is 21.5 Å². The summed E-state index contributed by atoms with van der Waals surface area (Å²) in [5.74, 6) is 0.369. The van der Waals surface area contributed by atoms with Crippen molar-refractivity contribution in [2.75, 3.05) is 0 Å². The van der Waals surface area contributed by atoms with Gasteiger partial charge in [-0.15, -0.1) is 0 Å². The quantitative estimate of drug-likeness (QED) is 0.829. The summed E-state index contributed by atoms with van der Waals surface area (Å²) in [6, 6.07) is 5.96. The third-order valence-corrected chi connectivity index (χ3v) is 4.37. The minimum Gasteiger partial charge on any atom is -0.393 e. The van der Waals surface area contributed by atoms with Crippen LogP contribution >= 0.6 is 27.5 Å². The van der Waals surface area contributed by atoms with Gasteiger partial charge in [0, 0.05) is 9.50 Å². The van der Waals surface area contributed by atoms with Crippen LogP contribution in [0.3, 0.4) is 0 Å². The Morgan fingerprint density at radius 2 is 2.13 bits per heavy atom. The summed E-state index contributed by atoms with van der Waals surface area (Å²) in [7, 11) is 0. The van der Waals surface area contributed by atoms with Gasteiger partial charge in [-0.2, -0.15) is 0 Å². The van der Waals surface area contributed by atoms with Gasteiger partial charge in [-0.1, -0.05) is 47.4 Å². The van der Waals surface area contributed by atoms with Gasteiger partial charge in [-0.25, -0.2) is 0 Å². The molecule has 1 aromatic carbocycles. The largest absolute Gasteiger partial charge is 0.393 e. The van der Waals surface area contributed by atoms with Crippen molar-refractivity contribution >= 4 is 27.5 Å². The van der Waals surface area contributed by atoms with Crippen molar-refractivity contribution in [1.82, 2.24) is 0 Å². The summed E-state index contributed by atoms with van der Waals surface area (Å²) >= 11 is 9.59. The van der Waals surface area contributed by atoms with E-state index in [9.17, 15) is 5.11 Å². The van der Waals surface area contributed by atoms with Gasteiger partial charge in [0.15, 0.2) is 0 Å². The van der Waals surface area contributed by atoms with Crippen LogP contribution in [0.5, 0.6) is 0 Å². The first-order valence-corrected chi connectivity index (χ1v) is 6.23. The summed E-state index contributed by atoms with van der Waals surface area (Å²) in [6.07, 6.45) is 0.608. The number of halogens is 2. The van der Waals surface area contributed by atoms with E-state index in [1.165, 1.54) is 0 Å². The standard InChI is InChI=1S/C12H14BrClO/c1-12(2)9(6-11(12)15)8-4-3-7(13)5-10(8)14/h3-5,9,11,15H,6H2,1-2H3. The van der Waals surface area contributed by atoms with Gasteiger partial charge in [0.25, 0.3) is 0 Å². The lowest BCUT2D eigenvalue weighted by molar-refractivity contribution is -0.0625. The Kier molecular flexibility index (Phi) is 2.87. The van der Waals surface area contributed by atoms with Crippen LogP contribution in [-0.2, 0) is 0 Å². The lowest BCUT2D eigenvalue weighted by atomic mass is 9.58. The molecule has 0 amide bonds. The van der Waals surface area contributed by atoms with Gasteiger partial charge < -0.3 is 5.11 Å². The molecule has 0 spiro atoms. The highest BCUT2D eigenvalue weighted by Gasteiger charge is 2.48. The van der Waals surface area contributed by atoms with Crippen molar-refractivity contribution in [3.05, 3.63) is 33.3 Å². The van der Waals surface area contributed by atoms with Gasteiger partial charge in [0.05, 0.1) is 6.10 Å². The molecule has 3 heteroatoms. The van der Waals surface area contributed by atoms with Gasteiger partial charge in [-0.3, -0.25) is 0 Å². The minimum atomic E-state index is -0.206. The molecule has 2 rings (SSSR count). The molecule has 0 bridgehead atoms. The van der Waals surface area contributed by atoms with E-state index in [-0.39, 0.29) is 11.5 Å². The molecule has 2 atom stereocenters. The number of aliphatic hydroxyl groups is 1. The molecule has 1 N–H and O–H groups in total. The van der Waals surface area contributed by atoms with E-state index in [2.05, 4.69) is 29.8 Å². The van der Waals surface area contributed by atoms with Crippen LogP contribution in [0.25, 0.3) is 0 Å². The smallest absolute Gasteiger partial charge is 0.0603 e. The Balaban J connectivity index is 2.32. The van der Waals surface area contributed by atoms with E-state index in [1.54, 1.807) is 0 Å². The fraction of sp³-hybridized carbons (Fsp3) is 0.500. The zero-order valence-electron chi connectivity index (χ0n) is 8.80. The molecule has 15 heavy (non-hydrogen) atoms. The number of aliphatic hydroxyl groups excluding tert-OH is 1. The zero-order valence-corrected chi connectivity index (χ0v) is 11.1. The second-order valence-electron chi connectivity index (χ2n) is 4.79. The first kappa shape index (κ1) is 11.4. The highest BCUT2D eigenvalue weighted by Crippen LogP contribution is 2.53. The molecular formula is C12H14BrClO. The van der Waals surface area contributed by atoms with Crippen LogP contribution < -0.4 is 0 Å². The maximum absolute atomic E-state index is 9.70. The summed E-state index contributed by atoms with van der Waals surface area (Å²) in [6.45, 7) is 4.18. The van der Waals surface area contributed by atoms with Gasteiger partial charge in [-0.05, 0) is 35.4 Å². The van der Waals surface area contributed by atoms with E-state index >= 15 is 0 Å². The maximum atomic E-state index is 9.70. The Hall–Kier alpha value is -0.0500. The lowest BCUT2D eigenvalue weighted by Gasteiger charge is -2.50. The molecule has 0 heterocycles. The van der Waals surface area contributed by atoms with Crippen molar-refractivity contribution < 1.29 is 5.11 Å².